The molecule has 1 aromatic heterocycles. The number of nitrogens with zero attached hydrogens (tertiary/aromatic N) is 3. The van der Waals surface area contributed by atoms with Crippen LogP contribution >= 0.6 is 0 Å². The second kappa shape index (κ2) is 9.98. The van der Waals surface area contributed by atoms with E-state index in [0.29, 0.717) is 31.8 Å². The summed E-state index contributed by atoms with van der Waals surface area (Å²) in [5.74, 6) is 2.59. The van der Waals surface area contributed by atoms with Crippen LogP contribution in [-0.4, -0.2) is 59.9 Å². The Morgan fingerprint density at radius 3 is 2.81 bits per heavy atom. The number of oxazole rings is 1. The molecule has 7 heteroatoms. The van der Waals surface area contributed by atoms with E-state index in [-0.39, 0.29) is 24.3 Å². The van der Waals surface area contributed by atoms with Crippen molar-refractivity contribution in [1.82, 2.24) is 14.8 Å². The van der Waals surface area contributed by atoms with Gasteiger partial charge in [0.25, 0.3) is 0 Å². The molecule has 0 saturated carbocycles. The van der Waals surface area contributed by atoms with Crippen molar-refractivity contribution in [2.45, 2.75) is 50.9 Å². The Balaban J connectivity index is 1.34. The van der Waals surface area contributed by atoms with Crippen molar-refractivity contribution in [1.29, 1.82) is 0 Å². The molecule has 2 fully saturated rings. The van der Waals surface area contributed by atoms with E-state index >= 15 is 0 Å². The van der Waals surface area contributed by atoms with Gasteiger partial charge in [-0.3, -0.25) is 9.59 Å². The van der Waals surface area contributed by atoms with E-state index in [1.807, 2.05) is 29.2 Å². The maximum atomic E-state index is 12.9. The molecule has 166 valence electrons. The topological polar surface area (TPSA) is 75.9 Å². The fraction of sp³-hybridized carbons (Fsp3) is 0.542. The Morgan fingerprint density at radius 2 is 2.00 bits per heavy atom. The first-order valence-corrected chi connectivity index (χ1v) is 11.3. The highest BCUT2D eigenvalue weighted by Crippen LogP contribution is 2.27. The Morgan fingerprint density at radius 1 is 1.16 bits per heavy atom. The van der Waals surface area contributed by atoms with Gasteiger partial charge < -0.3 is 19.0 Å². The highest BCUT2D eigenvalue weighted by molar-refractivity contribution is 5.85. The van der Waals surface area contributed by atoms with E-state index in [2.05, 4.69) is 4.98 Å². The zero-order valence-electron chi connectivity index (χ0n) is 18.2. The second-order valence-electron chi connectivity index (χ2n) is 8.49. The van der Waals surface area contributed by atoms with Gasteiger partial charge >= 0.3 is 0 Å². The Labute approximate surface area is 183 Å². The molecular formula is C24H31N3O4. The highest BCUT2D eigenvalue weighted by Gasteiger charge is 2.29. The standard InChI is InChI=1S/C24H31N3O4/c1-30-20-10-8-18(9-11-20)14-21-15-25-24(31-21)19-6-5-13-26(16-19)23(29)17-27-12-4-2-3-7-22(27)28/h8-11,15,19H,2-7,12-14,16-17H2,1H3/t19-/m0/s1. The van der Waals surface area contributed by atoms with E-state index in [4.69, 9.17) is 9.15 Å². The Kier molecular flexibility index (Phi) is 6.89. The zero-order chi connectivity index (χ0) is 21.6. The number of carbonyl (C=O) groups excluding carboxylic acids is 2. The number of piperidine rings is 1. The number of aromatic nitrogens is 1. The lowest BCUT2D eigenvalue weighted by molar-refractivity contribution is -0.141. The van der Waals surface area contributed by atoms with E-state index in [0.717, 1.165) is 55.7 Å². The van der Waals surface area contributed by atoms with Crippen molar-refractivity contribution in [3.8, 4) is 5.75 Å². The van der Waals surface area contributed by atoms with Crippen LogP contribution in [-0.2, 0) is 16.0 Å². The number of benzene rings is 1. The lowest BCUT2D eigenvalue weighted by Crippen LogP contribution is -2.46. The molecule has 0 bridgehead atoms. The normalized spacial score (nSPS) is 19.9. The van der Waals surface area contributed by atoms with E-state index in [1.165, 1.54) is 0 Å². The van der Waals surface area contributed by atoms with Gasteiger partial charge in [0.2, 0.25) is 11.8 Å². The summed E-state index contributed by atoms with van der Waals surface area (Å²) in [5, 5.41) is 0. The third kappa shape index (κ3) is 5.46. The minimum Gasteiger partial charge on any atom is -0.497 e. The molecule has 0 radical (unpaired) electrons. The number of hydrogen-bond donors (Lipinski definition) is 0. The summed E-state index contributed by atoms with van der Waals surface area (Å²) in [4.78, 5) is 33.2. The number of rotatable bonds is 6. The summed E-state index contributed by atoms with van der Waals surface area (Å²) in [7, 11) is 1.65. The van der Waals surface area contributed by atoms with Crippen molar-refractivity contribution in [3.05, 3.63) is 47.7 Å². The largest absolute Gasteiger partial charge is 0.497 e. The lowest BCUT2D eigenvalue weighted by Gasteiger charge is -2.33. The van der Waals surface area contributed by atoms with Crippen LogP contribution < -0.4 is 4.74 Å². The summed E-state index contributed by atoms with van der Waals surface area (Å²) >= 11 is 0. The third-order valence-electron chi connectivity index (χ3n) is 6.23. The summed E-state index contributed by atoms with van der Waals surface area (Å²) in [6.07, 6.45) is 7.86. The molecule has 0 unspecified atom stereocenters. The summed E-state index contributed by atoms with van der Waals surface area (Å²) < 4.78 is 11.3. The van der Waals surface area contributed by atoms with Crippen molar-refractivity contribution in [2.75, 3.05) is 33.3 Å². The van der Waals surface area contributed by atoms with Crippen LogP contribution in [0, 0.1) is 0 Å². The molecule has 2 amide bonds. The molecule has 0 N–H and O–H groups in total. The average Bonchev–Trinajstić information content (AvgIpc) is 3.17. The van der Waals surface area contributed by atoms with Crippen LogP contribution in [0.15, 0.2) is 34.9 Å². The number of hydrogen-bond acceptors (Lipinski definition) is 5. The fourth-order valence-electron chi connectivity index (χ4n) is 4.41. The van der Waals surface area contributed by atoms with Gasteiger partial charge in [-0.2, -0.15) is 0 Å². The van der Waals surface area contributed by atoms with E-state index in [9.17, 15) is 9.59 Å². The molecular weight excluding hydrogens is 394 g/mol. The smallest absolute Gasteiger partial charge is 0.242 e. The molecule has 0 spiro atoms. The molecule has 1 aromatic carbocycles. The molecule has 7 nitrogen and oxygen atoms in total. The molecule has 2 aliphatic heterocycles. The predicted molar refractivity (Wildman–Crippen MR) is 116 cm³/mol. The van der Waals surface area contributed by atoms with Gasteiger partial charge in [0.15, 0.2) is 5.89 Å². The Bertz CT molecular complexity index is 892. The van der Waals surface area contributed by atoms with E-state index in [1.54, 1.807) is 18.2 Å². The summed E-state index contributed by atoms with van der Waals surface area (Å²) in [6, 6.07) is 7.91. The molecule has 2 saturated heterocycles. The molecule has 31 heavy (non-hydrogen) atoms. The molecule has 4 rings (SSSR count). The van der Waals surface area contributed by atoms with Crippen LogP contribution in [0.2, 0.25) is 0 Å². The van der Waals surface area contributed by atoms with Crippen LogP contribution in [0.4, 0.5) is 0 Å². The van der Waals surface area contributed by atoms with Crippen LogP contribution in [0.5, 0.6) is 5.75 Å². The summed E-state index contributed by atoms with van der Waals surface area (Å²) in [5.41, 5.74) is 1.13. The predicted octanol–water partition coefficient (Wildman–Crippen LogP) is 3.38. The lowest BCUT2D eigenvalue weighted by atomic mass is 9.98. The molecule has 3 heterocycles. The van der Waals surface area contributed by atoms with Crippen molar-refractivity contribution < 1.29 is 18.7 Å². The summed E-state index contributed by atoms with van der Waals surface area (Å²) in [6.45, 7) is 2.22. The van der Waals surface area contributed by atoms with Gasteiger partial charge in [-0.25, -0.2) is 4.98 Å². The van der Waals surface area contributed by atoms with Gasteiger partial charge in [-0.15, -0.1) is 0 Å². The van der Waals surface area contributed by atoms with Gasteiger partial charge in [-0.1, -0.05) is 18.6 Å². The average molecular weight is 426 g/mol. The van der Waals surface area contributed by atoms with Crippen LogP contribution in [0.25, 0.3) is 0 Å². The molecule has 2 aliphatic rings. The number of methoxy groups -OCH3 is 1. The maximum Gasteiger partial charge on any atom is 0.242 e. The van der Waals surface area contributed by atoms with Crippen LogP contribution in [0.3, 0.4) is 0 Å². The molecule has 1 atom stereocenters. The minimum atomic E-state index is 0.0324. The Hall–Kier alpha value is -2.83. The monoisotopic (exact) mass is 425 g/mol. The first-order valence-electron chi connectivity index (χ1n) is 11.3. The third-order valence-corrected chi connectivity index (χ3v) is 6.23. The van der Waals surface area contributed by atoms with Crippen LogP contribution in [0.1, 0.15) is 61.7 Å². The zero-order valence-corrected chi connectivity index (χ0v) is 18.2. The van der Waals surface area contributed by atoms with Gasteiger partial charge in [0.05, 0.1) is 25.8 Å². The first kappa shape index (κ1) is 21.4. The quantitative estimate of drug-likeness (QED) is 0.709. The van der Waals surface area contributed by atoms with E-state index < -0.39 is 0 Å². The maximum absolute atomic E-state index is 12.9. The SMILES string of the molecule is COc1ccc(Cc2cnc([C@H]3CCCN(C(=O)CN4CCCCCC4=O)C3)o2)cc1. The van der Waals surface area contributed by atoms with Crippen molar-refractivity contribution >= 4 is 11.8 Å². The molecule has 0 aliphatic carbocycles. The minimum absolute atomic E-state index is 0.0324. The number of likely N-dealkylation sites (tertiary alicyclic amines) is 2. The fourth-order valence-corrected chi connectivity index (χ4v) is 4.41. The highest BCUT2D eigenvalue weighted by atomic mass is 16.5. The number of carbonyl (C=O) groups is 2. The van der Waals surface area contributed by atoms with Gasteiger partial charge in [-0.05, 0) is 43.4 Å². The number of amides is 2. The first-order chi connectivity index (χ1) is 15.1. The second-order valence-corrected chi connectivity index (χ2v) is 8.49. The molecule has 2 aromatic rings. The van der Waals surface area contributed by atoms with Crippen molar-refractivity contribution in [2.24, 2.45) is 0 Å². The van der Waals surface area contributed by atoms with Crippen molar-refractivity contribution in [3.63, 3.8) is 0 Å². The van der Waals surface area contributed by atoms with Gasteiger partial charge in [0, 0.05) is 32.5 Å². The van der Waals surface area contributed by atoms with Gasteiger partial charge in [0.1, 0.15) is 11.5 Å². The number of ether oxygens (including phenoxy) is 1.